The summed E-state index contributed by atoms with van der Waals surface area (Å²) in [6.45, 7) is 1.80. The fourth-order valence-corrected chi connectivity index (χ4v) is 2.64. The highest BCUT2D eigenvalue weighted by atomic mass is 35.5. The van der Waals surface area contributed by atoms with Crippen molar-refractivity contribution in [1.29, 1.82) is 0 Å². The molecule has 0 bridgehead atoms. The minimum Gasteiger partial charge on any atom is -0.322 e. The lowest BCUT2D eigenvalue weighted by atomic mass is 9.83. The quantitative estimate of drug-likeness (QED) is 0.772. The minimum absolute atomic E-state index is 0.119. The number of halogens is 1. The Bertz CT molecular complexity index is 250. The van der Waals surface area contributed by atoms with Crippen LogP contribution in [0.1, 0.15) is 39.0 Å². The molecule has 0 aromatic rings. The smallest absolute Gasteiger partial charge is 0.187 e. The number of rotatable bonds is 4. The molecule has 1 N–H and O–H groups in total. The molecule has 0 spiro atoms. The zero-order valence-corrected chi connectivity index (χ0v) is 10.2. The monoisotopic (exact) mass is 247 g/mol. The molecule has 0 aromatic heterocycles. The van der Waals surface area contributed by atoms with Crippen molar-refractivity contribution in [2.75, 3.05) is 0 Å². The molecule has 4 nitrogen and oxygen atoms in total. The van der Waals surface area contributed by atoms with Crippen molar-refractivity contribution in [2.24, 2.45) is 5.92 Å². The van der Waals surface area contributed by atoms with Crippen LogP contribution in [0.4, 0.5) is 0 Å². The third-order valence-corrected chi connectivity index (χ3v) is 3.59. The van der Waals surface area contributed by atoms with Crippen molar-refractivity contribution < 1.29 is 14.3 Å². The molecule has 0 aromatic carbocycles. The van der Waals surface area contributed by atoms with Crippen molar-refractivity contribution in [3.8, 4) is 0 Å². The molecule has 1 aliphatic carbocycles. The lowest BCUT2D eigenvalue weighted by Gasteiger charge is -2.38. The molecule has 0 radical (unpaired) electrons. The van der Waals surface area contributed by atoms with Crippen LogP contribution in [-0.2, 0) is 14.3 Å². The van der Waals surface area contributed by atoms with Crippen LogP contribution in [0.25, 0.3) is 0 Å². The lowest BCUT2D eigenvalue weighted by Crippen LogP contribution is -2.55. The fourth-order valence-electron chi connectivity index (χ4n) is 2.43. The Morgan fingerprint density at radius 1 is 1.31 bits per heavy atom. The number of nitrogens with one attached hydrogen (secondary N) is 1. The highest BCUT2D eigenvalue weighted by molar-refractivity contribution is 6.15. The second kappa shape index (κ2) is 5.45. The van der Waals surface area contributed by atoms with Gasteiger partial charge in [0.25, 0.3) is 0 Å². The van der Waals surface area contributed by atoms with Crippen LogP contribution in [0.5, 0.6) is 0 Å². The van der Waals surface area contributed by atoms with Crippen molar-refractivity contribution in [2.45, 2.75) is 57.6 Å². The van der Waals surface area contributed by atoms with Gasteiger partial charge in [-0.1, -0.05) is 19.3 Å². The summed E-state index contributed by atoms with van der Waals surface area (Å²) in [7, 11) is 0. The highest BCUT2D eigenvalue weighted by Gasteiger charge is 2.41. The molecule has 16 heavy (non-hydrogen) atoms. The number of hydrogen-bond donors (Lipinski definition) is 1. The topological polar surface area (TPSA) is 47.6 Å². The van der Waals surface area contributed by atoms with Gasteiger partial charge in [0, 0.05) is 5.92 Å². The van der Waals surface area contributed by atoms with Crippen molar-refractivity contribution in [3.05, 3.63) is 0 Å². The molecule has 1 aliphatic heterocycles. The van der Waals surface area contributed by atoms with Crippen LogP contribution in [-0.4, -0.2) is 24.4 Å². The summed E-state index contributed by atoms with van der Waals surface area (Å²) in [4.78, 5) is 14.7. The van der Waals surface area contributed by atoms with Crippen LogP contribution < -0.4 is 4.84 Å². The van der Waals surface area contributed by atoms with Crippen molar-refractivity contribution >= 4 is 17.6 Å². The van der Waals surface area contributed by atoms with E-state index in [1.54, 1.807) is 6.92 Å². The van der Waals surface area contributed by atoms with Gasteiger partial charge in [0.05, 0.1) is 0 Å². The van der Waals surface area contributed by atoms with Gasteiger partial charge in [-0.05, 0) is 31.5 Å². The van der Waals surface area contributed by atoms with E-state index in [2.05, 4.69) is 4.84 Å². The Hall–Kier alpha value is -0.160. The molecule has 92 valence electrons. The lowest BCUT2D eigenvalue weighted by molar-refractivity contribution is -0.379. The predicted octanol–water partition coefficient (Wildman–Crippen LogP) is 1.97. The van der Waals surface area contributed by atoms with E-state index >= 15 is 0 Å². The first-order chi connectivity index (χ1) is 7.72. The van der Waals surface area contributed by atoms with Gasteiger partial charge in [-0.3, -0.25) is 4.79 Å². The number of ether oxygens (including phenoxy) is 2. The number of hydrogen-bond acceptors (Lipinski definition) is 4. The maximum absolute atomic E-state index is 12.2. The summed E-state index contributed by atoms with van der Waals surface area (Å²) in [5.74, 6) is 0.250. The van der Waals surface area contributed by atoms with Gasteiger partial charge < -0.3 is 9.47 Å². The van der Waals surface area contributed by atoms with Gasteiger partial charge in [-0.15, -0.1) is 0 Å². The maximum Gasteiger partial charge on any atom is 0.187 e. The van der Waals surface area contributed by atoms with Crippen LogP contribution >= 0.6 is 11.8 Å². The summed E-state index contributed by atoms with van der Waals surface area (Å²) >= 11 is 5.61. The molecular formula is C11H18ClNO3. The molecule has 1 heterocycles. The Morgan fingerprint density at radius 2 is 1.94 bits per heavy atom. The summed E-state index contributed by atoms with van der Waals surface area (Å²) in [6, 6.07) is -0.527. The van der Waals surface area contributed by atoms with Crippen molar-refractivity contribution in [3.63, 3.8) is 0 Å². The van der Waals surface area contributed by atoms with E-state index in [0.717, 1.165) is 25.7 Å². The molecule has 1 saturated carbocycles. The normalized spacial score (nSPS) is 33.1. The van der Waals surface area contributed by atoms with Crippen LogP contribution in [0, 0.1) is 5.92 Å². The first kappa shape index (κ1) is 12.3. The summed E-state index contributed by atoms with van der Waals surface area (Å²) in [5.41, 5.74) is 0. The molecular weight excluding hydrogens is 230 g/mol. The average molecular weight is 248 g/mol. The van der Waals surface area contributed by atoms with Gasteiger partial charge in [-0.2, -0.15) is 0 Å². The predicted molar refractivity (Wildman–Crippen MR) is 59.8 cm³/mol. The molecule has 0 amide bonds. The largest absolute Gasteiger partial charge is 0.322 e. The molecule has 2 rings (SSSR count). The molecule has 1 saturated heterocycles. The summed E-state index contributed by atoms with van der Waals surface area (Å²) in [5, 5.41) is 0. The fraction of sp³-hybridized carbons (Fsp3) is 0.909. The molecule has 1 unspecified atom stereocenters. The van der Waals surface area contributed by atoms with Gasteiger partial charge in [0.1, 0.15) is 6.04 Å². The first-order valence-corrected chi connectivity index (χ1v) is 6.31. The number of ketones is 1. The van der Waals surface area contributed by atoms with Gasteiger partial charge in [0.2, 0.25) is 0 Å². The van der Waals surface area contributed by atoms with E-state index in [4.69, 9.17) is 21.3 Å². The molecule has 2 aliphatic rings. The van der Waals surface area contributed by atoms with Gasteiger partial charge >= 0.3 is 0 Å². The molecule has 1 atom stereocenters. The standard InChI is InChI=1S/C11H18ClNO3/c1-7-15-11(16-7)9(13-12)10(14)8-5-3-2-4-6-8/h7-9,11,13H,2-6H2,1H3. The second-order valence-electron chi connectivity index (χ2n) is 4.53. The Kier molecular flexibility index (Phi) is 4.19. The van der Waals surface area contributed by atoms with E-state index in [1.807, 2.05) is 0 Å². The average Bonchev–Trinajstić information content (AvgIpc) is 2.28. The first-order valence-electron chi connectivity index (χ1n) is 5.93. The van der Waals surface area contributed by atoms with Crippen LogP contribution in [0.2, 0.25) is 0 Å². The van der Waals surface area contributed by atoms with E-state index in [9.17, 15) is 4.79 Å². The third kappa shape index (κ3) is 2.56. The van der Waals surface area contributed by atoms with E-state index in [1.165, 1.54) is 6.42 Å². The molecule has 2 fully saturated rings. The SMILES string of the molecule is CC1OC(C(NCl)C(=O)C2CCCCC2)O1. The highest BCUT2D eigenvalue weighted by Crippen LogP contribution is 2.28. The van der Waals surface area contributed by atoms with E-state index in [-0.39, 0.29) is 18.0 Å². The Morgan fingerprint density at radius 3 is 2.44 bits per heavy atom. The molecule has 5 heteroatoms. The summed E-state index contributed by atoms with van der Waals surface area (Å²) in [6.07, 6.45) is 4.70. The zero-order valence-electron chi connectivity index (χ0n) is 9.45. The van der Waals surface area contributed by atoms with Gasteiger partial charge in [0.15, 0.2) is 18.4 Å². The third-order valence-electron chi connectivity index (χ3n) is 3.36. The Labute approximate surface area is 101 Å². The summed E-state index contributed by atoms with van der Waals surface area (Å²) < 4.78 is 10.6. The number of Topliss-reactive ketones (excluding diaryl/α,β-unsaturated/α-hetero) is 1. The Balaban J connectivity index is 1.89. The van der Waals surface area contributed by atoms with Crippen molar-refractivity contribution in [1.82, 2.24) is 4.84 Å². The van der Waals surface area contributed by atoms with Crippen LogP contribution in [0.15, 0.2) is 0 Å². The minimum atomic E-state index is -0.527. The maximum atomic E-state index is 12.2. The number of carbonyl (C=O) groups is 1. The second-order valence-corrected chi connectivity index (χ2v) is 4.75. The van der Waals surface area contributed by atoms with E-state index < -0.39 is 12.3 Å². The number of carbonyl (C=O) groups excluding carboxylic acids is 1. The van der Waals surface area contributed by atoms with E-state index in [0.29, 0.717) is 0 Å². The van der Waals surface area contributed by atoms with Crippen LogP contribution in [0.3, 0.4) is 0 Å². The van der Waals surface area contributed by atoms with Gasteiger partial charge in [-0.25, -0.2) is 4.84 Å². The zero-order chi connectivity index (χ0) is 11.5.